The van der Waals surface area contributed by atoms with Crippen LogP contribution in [-0.4, -0.2) is 12.0 Å². The first kappa shape index (κ1) is 10.5. The third-order valence-electron chi connectivity index (χ3n) is 2.13. The average molecular weight is 193 g/mol. The van der Waals surface area contributed by atoms with Crippen molar-refractivity contribution < 1.29 is 4.92 Å². The molecular weight excluding hydrogens is 180 g/mol. The van der Waals surface area contributed by atoms with Gasteiger partial charge in [-0.25, -0.2) is 0 Å². The van der Waals surface area contributed by atoms with Crippen molar-refractivity contribution in [3.63, 3.8) is 0 Å². The first-order chi connectivity index (χ1) is 6.66. The summed E-state index contributed by atoms with van der Waals surface area (Å²) in [6, 6.07) is 9.25. The third kappa shape index (κ3) is 2.23. The maximum Gasteiger partial charge on any atom is -0.0151 e. The van der Waals surface area contributed by atoms with E-state index in [0.717, 1.165) is 5.56 Å². The summed E-state index contributed by atoms with van der Waals surface area (Å²) in [6.45, 7) is 1.52. The van der Waals surface area contributed by atoms with Crippen LogP contribution in [0.4, 0.5) is 0 Å². The number of nitrogens with zero attached hydrogens (tertiary/aromatic N) is 1. The molecule has 0 amide bonds. The minimum atomic E-state index is -0.353. The Kier molecular flexibility index (Phi) is 3.48. The number of nitro groups is 1. The van der Waals surface area contributed by atoms with Crippen molar-refractivity contribution in [2.75, 3.05) is 7.05 Å². The van der Waals surface area contributed by atoms with E-state index < -0.39 is 0 Å². The van der Waals surface area contributed by atoms with Gasteiger partial charge in [0, 0.05) is 0 Å². The van der Waals surface area contributed by atoms with Crippen LogP contribution in [-0.2, 0) is 0 Å². The molecule has 0 spiro atoms. The van der Waals surface area contributed by atoms with Crippen molar-refractivity contribution in [3.05, 3.63) is 52.1 Å². The molecule has 1 aromatic carbocycles. The predicted molar refractivity (Wildman–Crippen MR) is 54.2 cm³/mol. The molecule has 1 rings (SSSR count). The van der Waals surface area contributed by atoms with Gasteiger partial charge in [0.2, 0.25) is 0 Å². The highest BCUT2D eigenvalue weighted by Crippen LogP contribution is 2.22. The molecule has 4 nitrogen and oxygen atoms in total. The molecule has 0 bridgehead atoms. The van der Waals surface area contributed by atoms with E-state index in [1.807, 2.05) is 30.3 Å². The van der Waals surface area contributed by atoms with Crippen molar-refractivity contribution >= 4 is 0 Å². The van der Waals surface area contributed by atoms with Crippen molar-refractivity contribution in [1.29, 1.82) is 0 Å². The van der Waals surface area contributed by atoms with Crippen molar-refractivity contribution in [1.82, 2.24) is 5.32 Å². The molecule has 1 unspecified atom stereocenters. The number of hydrogen-bond donors (Lipinski definition) is 1. The molecule has 0 saturated carbocycles. The Morgan fingerprint density at radius 1 is 1.43 bits per heavy atom. The molecule has 0 aliphatic carbocycles. The molecule has 76 valence electrons. The van der Waals surface area contributed by atoms with Crippen LogP contribution in [0.25, 0.3) is 0 Å². The van der Waals surface area contributed by atoms with Gasteiger partial charge >= 0.3 is 0 Å². The lowest BCUT2D eigenvalue weighted by molar-refractivity contribution is -0.469. The molecule has 0 heterocycles. The van der Waals surface area contributed by atoms with Gasteiger partial charge in [-0.1, -0.05) is 35.9 Å². The number of rotatable bonds is 4. The predicted octanol–water partition coefficient (Wildman–Crippen LogP) is 1.78. The van der Waals surface area contributed by atoms with E-state index in [0.29, 0.717) is 0 Å². The largest absolute Gasteiger partial charge is 0.334 e. The lowest BCUT2D eigenvalue weighted by Gasteiger charge is -2.28. The monoisotopic (exact) mass is 193 g/mol. The lowest BCUT2D eigenvalue weighted by Crippen LogP contribution is -2.26. The zero-order valence-corrected chi connectivity index (χ0v) is 8.23. The second-order valence-electron chi connectivity index (χ2n) is 3.03. The second kappa shape index (κ2) is 4.62. The van der Waals surface area contributed by atoms with Crippen LogP contribution >= 0.6 is 0 Å². The maximum atomic E-state index is 10.6. The summed E-state index contributed by atoms with van der Waals surface area (Å²) in [7, 11) is 1.71. The van der Waals surface area contributed by atoms with Gasteiger partial charge < -0.3 is 5.32 Å². The van der Waals surface area contributed by atoms with Gasteiger partial charge in [-0.3, -0.25) is 10.1 Å². The van der Waals surface area contributed by atoms with Gasteiger partial charge in [0.1, 0.15) is 0 Å². The van der Waals surface area contributed by atoms with E-state index in [2.05, 4.69) is 5.32 Å². The Bertz CT molecular complexity index is 300. The highest BCUT2D eigenvalue weighted by molar-refractivity contribution is 5.22. The quantitative estimate of drug-likeness (QED) is 0.450. The van der Waals surface area contributed by atoms with Crippen LogP contribution in [0.1, 0.15) is 18.5 Å². The Hall–Kier alpha value is -1.55. The van der Waals surface area contributed by atoms with Crippen LogP contribution in [0.2, 0.25) is 0 Å². The number of hydrogen-bond acceptors (Lipinski definition) is 3. The molecular formula is C10H13N2O2-. The van der Waals surface area contributed by atoms with E-state index in [4.69, 9.17) is 0 Å². The molecule has 4 heteroatoms. The minimum absolute atomic E-state index is 0.207. The number of benzene rings is 1. The number of nitrogens with one attached hydrogen (secondary N) is 1. The van der Waals surface area contributed by atoms with E-state index in [-0.39, 0.29) is 17.0 Å². The first-order valence-electron chi connectivity index (χ1n) is 4.37. The maximum absolute atomic E-state index is 10.6. The zero-order valence-electron chi connectivity index (χ0n) is 8.23. The molecule has 1 aromatic rings. The Labute approximate surface area is 83.1 Å². The topological polar surface area (TPSA) is 55.2 Å². The van der Waals surface area contributed by atoms with E-state index in [1.54, 1.807) is 7.05 Å². The van der Waals surface area contributed by atoms with Crippen LogP contribution in [0.15, 0.2) is 30.3 Å². The molecule has 14 heavy (non-hydrogen) atoms. The molecule has 1 atom stereocenters. The summed E-state index contributed by atoms with van der Waals surface area (Å²) in [5, 5.41) is 13.5. The van der Waals surface area contributed by atoms with Crippen molar-refractivity contribution in [3.8, 4) is 0 Å². The zero-order chi connectivity index (χ0) is 10.6. The Morgan fingerprint density at radius 3 is 2.43 bits per heavy atom. The summed E-state index contributed by atoms with van der Waals surface area (Å²) in [5.41, 5.74) is 0.907. The summed E-state index contributed by atoms with van der Waals surface area (Å²) in [6.07, 6.45) is 0. The molecule has 0 aliphatic rings. The van der Waals surface area contributed by atoms with Gasteiger partial charge in [0.25, 0.3) is 0 Å². The van der Waals surface area contributed by atoms with Gasteiger partial charge in [0.15, 0.2) is 0 Å². The van der Waals surface area contributed by atoms with Gasteiger partial charge in [-0.2, -0.15) is 0 Å². The average Bonchev–Trinajstić information content (AvgIpc) is 2.20. The fraction of sp³-hybridized carbons (Fsp3) is 0.300. The summed E-state index contributed by atoms with van der Waals surface area (Å²) >= 11 is 0. The Morgan fingerprint density at radius 2 is 2.00 bits per heavy atom. The first-order valence-corrected chi connectivity index (χ1v) is 4.37. The minimum Gasteiger partial charge on any atom is -0.334 e. The van der Waals surface area contributed by atoms with Gasteiger partial charge in [0.05, 0.1) is 0 Å². The highest BCUT2D eigenvalue weighted by Gasteiger charge is 2.13. The van der Waals surface area contributed by atoms with Gasteiger partial charge in [-0.15, -0.1) is 11.8 Å². The third-order valence-corrected chi connectivity index (χ3v) is 2.13. The Balaban J connectivity index is 2.87. The highest BCUT2D eigenvalue weighted by atomic mass is 16.6. The SMILES string of the molecule is CNC(c1ccccc1)[C-](C)[N+](=O)[O-]. The number of likely N-dealkylation sites (N-methyl/N-ethyl adjacent to an activating group) is 1. The summed E-state index contributed by atoms with van der Waals surface area (Å²) in [5.74, 6) is 0. The second-order valence-corrected chi connectivity index (χ2v) is 3.03. The van der Waals surface area contributed by atoms with Crippen LogP contribution in [0.3, 0.4) is 0 Å². The van der Waals surface area contributed by atoms with Crippen LogP contribution < -0.4 is 5.32 Å². The fourth-order valence-corrected chi connectivity index (χ4v) is 1.37. The van der Waals surface area contributed by atoms with E-state index in [9.17, 15) is 10.1 Å². The van der Waals surface area contributed by atoms with Crippen LogP contribution in [0.5, 0.6) is 0 Å². The van der Waals surface area contributed by atoms with Gasteiger partial charge in [-0.05, 0) is 19.1 Å². The normalized spacial score (nSPS) is 12.1. The standard InChI is InChI=1S/C10H13N2O2/c1-8(12(13)14)10(11-2)9-6-4-3-5-7-9/h3-7,10-11H,1-2H3/q-1. The van der Waals surface area contributed by atoms with Crippen molar-refractivity contribution in [2.45, 2.75) is 13.0 Å². The molecule has 1 N–H and O–H groups in total. The summed E-state index contributed by atoms with van der Waals surface area (Å²) < 4.78 is 0. The van der Waals surface area contributed by atoms with E-state index >= 15 is 0 Å². The molecule has 0 saturated heterocycles. The molecule has 0 fully saturated rings. The van der Waals surface area contributed by atoms with E-state index in [1.165, 1.54) is 6.92 Å². The summed E-state index contributed by atoms with van der Waals surface area (Å²) in [4.78, 5) is 10.2. The molecule has 0 aromatic heterocycles. The van der Waals surface area contributed by atoms with Crippen molar-refractivity contribution in [2.24, 2.45) is 0 Å². The lowest BCUT2D eigenvalue weighted by atomic mass is 10.0. The van der Waals surface area contributed by atoms with Crippen LogP contribution in [0, 0.1) is 16.2 Å². The fourth-order valence-electron chi connectivity index (χ4n) is 1.37. The smallest absolute Gasteiger partial charge is 0.0151 e. The molecule has 0 radical (unpaired) electrons. The molecule has 0 aliphatic heterocycles.